The van der Waals surface area contributed by atoms with Crippen LogP contribution in [0.1, 0.15) is 16.9 Å². The molecule has 6 heteroatoms. The fourth-order valence-electron chi connectivity index (χ4n) is 1.72. The Bertz CT molecular complexity index is 622. The lowest BCUT2D eigenvalue weighted by molar-refractivity contribution is -0.384. The lowest BCUT2D eigenvalue weighted by Crippen LogP contribution is -2.03. The van der Waals surface area contributed by atoms with Gasteiger partial charge in [-0.3, -0.25) is 10.1 Å². The number of furan rings is 1. The van der Waals surface area contributed by atoms with E-state index in [-0.39, 0.29) is 10.6 Å². The van der Waals surface area contributed by atoms with Crippen molar-refractivity contribution in [3.8, 4) is 0 Å². The first-order valence-corrected chi connectivity index (χ1v) is 6.49. The third-order valence-corrected chi connectivity index (χ3v) is 3.65. The number of hydrogen-bond acceptors (Lipinski definition) is 4. The summed E-state index contributed by atoms with van der Waals surface area (Å²) in [7, 11) is 0. The number of anilines is 1. The maximum Gasteiger partial charge on any atom is 0.292 e. The van der Waals surface area contributed by atoms with Gasteiger partial charge in [-0.25, -0.2) is 0 Å². The number of rotatable bonds is 4. The van der Waals surface area contributed by atoms with E-state index in [9.17, 15) is 10.1 Å². The number of nitrogens with one attached hydrogen (secondary N) is 1. The van der Waals surface area contributed by atoms with Gasteiger partial charge >= 0.3 is 0 Å². The van der Waals surface area contributed by atoms with E-state index in [1.165, 1.54) is 0 Å². The zero-order chi connectivity index (χ0) is 14.0. The molecule has 0 atom stereocenters. The van der Waals surface area contributed by atoms with Crippen LogP contribution in [0.5, 0.6) is 0 Å². The second-order valence-electron chi connectivity index (χ2n) is 4.26. The van der Waals surface area contributed by atoms with Crippen molar-refractivity contribution in [1.82, 2.24) is 0 Å². The highest BCUT2D eigenvalue weighted by atomic mass is 79.9. The highest BCUT2D eigenvalue weighted by Crippen LogP contribution is 2.29. The van der Waals surface area contributed by atoms with Gasteiger partial charge in [-0.2, -0.15) is 0 Å². The lowest BCUT2D eigenvalue weighted by Gasteiger charge is -2.09. The summed E-state index contributed by atoms with van der Waals surface area (Å²) >= 11 is 3.35. The second-order valence-corrected chi connectivity index (χ2v) is 5.11. The molecular formula is C13H13BrN2O3. The molecule has 1 aromatic heterocycles. The average Bonchev–Trinajstić information content (AvgIpc) is 2.75. The molecule has 1 aromatic carbocycles. The van der Waals surface area contributed by atoms with E-state index < -0.39 is 0 Å². The number of nitro benzene ring substituents is 1. The highest BCUT2D eigenvalue weighted by Gasteiger charge is 2.16. The quantitative estimate of drug-likeness (QED) is 0.676. The van der Waals surface area contributed by atoms with Gasteiger partial charge in [0, 0.05) is 6.07 Å². The van der Waals surface area contributed by atoms with Crippen LogP contribution in [0.3, 0.4) is 0 Å². The van der Waals surface area contributed by atoms with Crippen LogP contribution in [0.15, 0.2) is 33.4 Å². The largest absolute Gasteiger partial charge is 0.466 e. The molecule has 0 amide bonds. The Kier molecular flexibility index (Phi) is 3.90. The molecule has 2 rings (SSSR count). The topological polar surface area (TPSA) is 68.3 Å². The lowest BCUT2D eigenvalue weighted by atomic mass is 10.1. The minimum Gasteiger partial charge on any atom is -0.466 e. The molecule has 2 aromatic rings. The molecule has 0 fully saturated rings. The Morgan fingerprint density at radius 1 is 1.37 bits per heavy atom. The van der Waals surface area contributed by atoms with Gasteiger partial charge in [0.2, 0.25) is 0 Å². The molecule has 0 aliphatic rings. The Hall–Kier alpha value is -1.82. The number of nitro groups is 1. The predicted molar refractivity (Wildman–Crippen MR) is 76.3 cm³/mol. The summed E-state index contributed by atoms with van der Waals surface area (Å²) < 4.78 is 6.10. The van der Waals surface area contributed by atoms with Gasteiger partial charge in [0.15, 0.2) is 0 Å². The molecular weight excluding hydrogens is 312 g/mol. The predicted octanol–water partition coefficient (Wildman–Crippen LogP) is 4.18. The molecule has 0 saturated carbocycles. The van der Waals surface area contributed by atoms with E-state index >= 15 is 0 Å². The zero-order valence-electron chi connectivity index (χ0n) is 10.6. The summed E-state index contributed by atoms with van der Waals surface area (Å²) in [4.78, 5) is 10.7. The molecule has 0 spiro atoms. The van der Waals surface area contributed by atoms with Gasteiger partial charge < -0.3 is 9.73 Å². The summed E-state index contributed by atoms with van der Waals surface area (Å²) in [6.07, 6.45) is 1.57. The van der Waals surface area contributed by atoms with Crippen LogP contribution in [0.25, 0.3) is 0 Å². The molecule has 0 aliphatic carbocycles. The Morgan fingerprint density at radius 3 is 2.63 bits per heavy atom. The van der Waals surface area contributed by atoms with E-state index in [0.717, 1.165) is 15.6 Å². The maximum absolute atomic E-state index is 11.0. The maximum atomic E-state index is 11.0. The smallest absolute Gasteiger partial charge is 0.292 e. The average molecular weight is 325 g/mol. The van der Waals surface area contributed by atoms with Crippen LogP contribution >= 0.6 is 15.9 Å². The van der Waals surface area contributed by atoms with E-state index in [2.05, 4.69) is 21.2 Å². The SMILES string of the molecule is Cc1cc(NCc2occc2Br)c([N+](=O)[O-])cc1C. The number of halogens is 1. The Balaban J connectivity index is 2.26. The standard InChI is InChI=1S/C13H13BrN2O3/c1-8-5-11(12(16(17)18)6-9(8)2)15-7-13-10(14)3-4-19-13/h3-6,15H,7H2,1-2H3. The molecule has 0 unspecified atom stereocenters. The molecule has 5 nitrogen and oxygen atoms in total. The van der Waals surface area contributed by atoms with E-state index in [4.69, 9.17) is 4.42 Å². The van der Waals surface area contributed by atoms with Crippen molar-refractivity contribution in [2.45, 2.75) is 20.4 Å². The van der Waals surface area contributed by atoms with Gasteiger partial charge in [0.05, 0.1) is 22.2 Å². The minimum absolute atomic E-state index is 0.0748. The number of benzene rings is 1. The molecule has 1 heterocycles. The van der Waals surface area contributed by atoms with Gasteiger partial charge in [-0.1, -0.05) is 0 Å². The summed E-state index contributed by atoms with van der Waals surface area (Å²) in [5, 5.41) is 14.1. The summed E-state index contributed by atoms with van der Waals surface area (Å²) in [6.45, 7) is 4.17. The van der Waals surface area contributed by atoms with Crippen LogP contribution in [0.4, 0.5) is 11.4 Å². The first-order valence-electron chi connectivity index (χ1n) is 5.70. The Labute approximate surface area is 118 Å². The van der Waals surface area contributed by atoms with Gasteiger partial charge in [-0.05, 0) is 53.0 Å². The van der Waals surface area contributed by atoms with Crippen molar-refractivity contribution in [2.75, 3.05) is 5.32 Å². The first kappa shape index (κ1) is 13.6. The van der Waals surface area contributed by atoms with Crippen LogP contribution in [-0.2, 0) is 6.54 Å². The number of nitrogens with zero attached hydrogens (tertiary/aromatic N) is 1. The third kappa shape index (κ3) is 2.96. The van der Waals surface area contributed by atoms with E-state index in [1.807, 2.05) is 13.8 Å². The van der Waals surface area contributed by atoms with Crippen molar-refractivity contribution in [3.63, 3.8) is 0 Å². The third-order valence-electron chi connectivity index (χ3n) is 2.94. The normalized spacial score (nSPS) is 10.5. The zero-order valence-corrected chi connectivity index (χ0v) is 12.2. The van der Waals surface area contributed by atoms with Crippen molar-refractivity contribution in [1.29, 1.82) is 0 Å². The summed E-state index contributed by atoms with van der Waals surface area (Å²) in [5.41, 5.74) is 2.48. The van der Waals surface area contributed by atoms with Crippen LogP contribution in [-0.4, -0.2) is 4.92 Å². The molecule has 0 aliphatic heterocycles. The van der Waals surface area contributed by atoms with Gasteiger partial charge in [0.1, 0.15) is 11.4 Å². The molecule has 100 valence electrons. The number of aryl methyl sites for hydroxylation is 2. The van der Waals surface area contributed by atoms with Crippen LogP contribution in [0, 0.1) is 24.0 Å². The number of hydrogen-bond donors (Lipinski definition) is 1. The van der Waals surface area contributed by atoms with Crippen molar-refractivity contribution >= 4 is 27.3 Å². The van der Waals surface area contributed by atoms with Crippen LogP contribution < -0.4 is 5.32 Å². The molecule has 19 heavy (non-hydrogen) atoms. The Morgan fingerprint density at radius 2 is 2.05 bits per heavy atom. The molecule has 1 N–H and O–H groups in total. The van der Waals surface area contributed by atoms with Gasteiger partial charge in [-0.15, -0.1) is 0 Å². The van der Waals surface area contributed by atoms with Crippen molar-refractivity contribution < 1.29 is 9.34 Å². The second kappa shape index (κ2) is 5.44. The minimum atomic E-state index is -0.383. The highest BCUT2D eigenvalue weighted by molar-refractivity contribution is 9.10. The van der Waals surface area contributed by atoms with Crippen molar-refractivity contribution in [2.24, 2.45) is 0 Å². The fraction of sp³-hybridized carbons (Fsp3) is 0.231. The van der Waals surface area contributed by atoms with Crippen molar-refractivity contribution in [3.05, 3.63) is 55.9 Å². The van der Waals surface area contributed by atoms with Gasteiger partial charge in [0.25, 0.3) is 5.69 Å². The fourth-order valence-corrected chi connectivity index (χ4v) is 2.06. The summed E-state index contributed by atoms with van der Waals surface area (Å²) in [6, 6.07) is 5.14. The summed E-state index contributed by atoms with van der Waals surface area (Å²) in [5.74, 6) is 0.701. The molecule has 0 saturated heterocycles. The van der Waals surface area contributed by atoms with E-state index in [1.54, 1.807) is 24.5 Å². The molecule has 0 radical (unpaired) electrons. The monoisotopic (exact) mass is 324 g/mol. The first-order chi connectivity index (χ1) is 8.99. The van der Waals surface area contributed by atoms with E-state index in [0.29, 0.717) is 18.0 Å². The molecule has 0 bridgehead atoms. The van der Waals surface area contributed by atoms with Crippen LogP contribution in [0.2, 0.25) is 0 Å².